The fourth-order valence-electron chi connectivity index (χ4n) is 3.42. The van der Waals surface area contributed by atoms with Crippen molar-refractivity contribution in [2.75, 3.05) is 0 Å². The van der Waals surface area contributed by atoms with Gasteiger partial charge in [0.05, 0.1) is 0 Å². The number of thiophene rings is 1. The minimum absolute atomic E-state index is 1.27. The molecule has 0 bridgehead atoms. The molecular weight excluding hydrogens is 393 g/mol. The van der Waals surface area contributed by atoms with Crippen LogP contribution in [0.1, 0.15) is 59.3 Å². The van der Waals surface area contributed by atoms with E-state index in [0.717, 1.165) is 0 Å². The van der Waals surface area contributed by atoms with Gasteiger partial charge in [0.15, 0.2) is 0 Å². The third-order valence-electron chi connectivity index (χ3n) is 4.84. The summed E-state index contributed by atoms with van der Waals surface area (Å²) in [5, 5.41) is 1.38. The molecule has 2 heterocycles. The second-order valence-electron chi connectivity index (χ2n) is 6.60. The SMILES string of the molecule is CCC[CH2][Sn]([CH2]CCC)([CH2]CCC)[c]1cc2cccnc2s1. The Balaban J connectivity index is 2.37. The first-order valence-electron chi connectivity index (χ1n) is 9.10. The van der Waals surface area contributed by atoms with Gasteiger partial charge >= 0.3 is 145 Å². The van der Waals surface area contributed by atoms with Crippen LogP contribution in [0.3, 0.4) is 0 Å². The molecular formula is C19H31NSSn. The molecule has 2 aromatic rings. The van der Waals surface area contributed by atoms with Crippen LogP contribution in [0.2, 0.25) is 13.3 Å². The molecule has 0 aliphatic heterocycles. The molecule has 2 aromatic heterocycles. The second-order valence-corrected chi connectivity index (χ2v) is 21.8. The van der Waals surface area contributed by atoms with Crippen LogP contribution >= 0.6 is 11.3 Å². The molecule has 0 atom stereocenters. The molecule has 0 aliphatic carbocycles. The fraction of sp³-hybridized carbons (Fsp3) is 0.632. The van der Waals surface area contributed by atoms with Gasteiger partial charge in [-0.2, -0.15) is 0 Å². The number of pyridine rings is 1. The Kier molecular flexibility index (Phi) is 7.69. The fourth-order valence-corrected chi connectivity index (χ4v) is 23.5. The Hall–Kier alpha value is -0.0913. The zero-order valence-corrected chi connectivity index (χ0v) is 18.2. The van der Waals surface area contributed by atoms with Gasteiger partial charge in [-0.15, -0.1) is 0 Å². The maximum absolute atomic E-state index is 4.61. The predicted octanol–water partition coefficient (Wildman–Crippen LogP) is 6.35. The molecule has 0 radical (unpaired) electrons. The minimum atomic E-state index is -2.23. The van der Waals surface area contributed by atoms with Gasteiger partial charge in [-0.05, 0) is 0 Å². The number of hydrogen-bond donors (Lipinski definition) is 0. The molecule has 2 rings (SSSR count). The van der Waals surface area contributed by atoms with Crippen LogP contribution in [0.4, 0.5) is 0 Å². The van der Waals surface area contributed by atoms with Crippen molar-refractivity contribution < 1.29 is 0 Å². The molecule has 0 spiro atoms. The molecule has 0 aromatic carbocycles. The average molecular weight is 424 g/mol. The summed E-state index contributed by atoms with van der Waals surface area (Å²) in [7, 11) is 0. The molecule has 0 amide bonds. The molecule has 0 saturated heterocycles. The molecule has 122 valence electrons. The molecule has 3 heteroatoms. The van der Waals surface area contributed by atoms with Gasteiger partial charge in [0.2, 0.25) is 0 Å². The average Bonchev–Trinajstić information content (AvgIpc) is 2.99. The molecule has 1 nitrogen and oxygen atoms in total. The zero-order chi connectivity index (χ0) is 15.8. The standard InChI is InChI=1S/C7H4NS.3C4H9.Sn/c1-2-6-3-5-9-7(6)8-4-1;3*1-3-4-2;/h1-4H;3*1,3-4H2,2H3;. The molecule has 0 unspecified atom stereocenters. The summed E-state index contributed by atoms with van der Waals surface area (Å²) in [4.78, 5) is 5.88. The summed E-state index contributed by atoms with van der Waals surface area (Å²) < 4.78 is 6.46. The van der Waals surface area contributed by atoms with E-state index < -0.39 is 18.4 Å². The maximum atomic E-state index is 4.61. The van der Waals surface area contributed by atoms with Crippen molar-refractivity contribution in [1.29, 1.82) is 0 Å². The van der Waals surface area contributed by atoms with Gasteiger partial charge in [-0.25, -0.2) is 0 Å². The Morgan fingerprint density at radius 3 is 2.05 bits per heavy atom. The van der Waals surface area contributed by atoms with Crippen LogP contribution < -0.4 is 2.89 Å². The van der Waals surface area contributed by atoms with Crippen molar-refractivity contribution in [2.24, 2.45) is 0 Å². The first-order chi connectivity index (χ1) is 10.8. The van der Waals surface area contributed by atoms with Crippen LogP contribution in [-0.2, 0) is 0 Å². The number of nitrogens with zero attached hydrogens (tertiary/aromatic N) is 1. The van der Waals surface area contributed by atoms with Gasteiger partial charge in [0, 0.05) is 0 Å². The van der Waals surface area contributed by atoms with E-state index in [2.05, 4.69) is 44.0 Å². The summed E-state index contributed by atoms with van der Waals surface area (Å²) in [5.41, 5.74) is 0. The van der Waals surface area contributed by atoms with Crippen LogP contribution in [0.25, 0.3) is 10.2 Å². The van der Waals surface area contributed by atoms with E-state index in [4.69, 9.17) is 0 Å². The molecule has 22 heavy (non-hydrogen) atoms. The Morgan fingerprint density at radius 2 is 1.55 bits per heavy atom. The van der Waals surface area contributed by atoms with Crippen molar-refractivity contribution in [3.8, 4) is 0 Å². The predicted molar refractivity (Wildman–Crippen MR) is 104 cm³/mol. The van der Waals surface area contributed by atoms with Gasteiger partial charge in [-0.1, -0.05) is 0 Å². The van der Waals surface area contributed by atoms with Crippen LogP contribution in [-0.4, -0.2) is 23.4 Å². The quantitative estimate of drug-likeness (QED) is 0.405. The number of aromatic nitrogens is 1. The summed E-state index contributed by atoms with van der Waals surface area (Å²) in [6.45, 7) is 7.05. The third kappa shape index (κ3) is 4.47. The van der Waals surface area contributed by atoms with Crippen molar-refractivity contribution in [1.82, 2.24) is 4.98 Å². The van der Waals surface area contributed by atoms with Gasteiger partial charge < -0.3 is 0 Å². The molecule has 0 aliphatic rings. The van der Waals surface area contributed by atoms with Gasteiger partial charge in [0.1, 0.15) is 0 Å². The molecule has 0 saturated carbocycles. The number of rotatable bonds is 10. The zero-order valence-electron chi connectivity index (χ0n) is 14.5. The Labute approximate surface area is 144 Å². The Morgan fingerprint density at radius 1 is 0.955 bits per heavy atom. The van der Waals surface area contributed by atoms with Crippen molar-refractivity contribution in [3.63, 3.8) is 0 Å². The van der Waals surface area contributed by atoms with Crippen molar-refractivity contribution >= 4 is 42.8 Å². The topological polar surface area (TPSA) is 12.9 Å². The van der Waals surface area contributed by atoms with E-state index in [1.54, 1.807) is 16.2 Å². The first kappa shape index (κ1) is 18.3. The van der Waals surface area contributed by atoms with Crippen molar-refractivity contribution in [3.05, 3.63) is 24.4 Å². The second kappa shape index (κ2) is 9.26. The number of hydrogen-bond acceptors (Lipinski definition) is 2. The first-order valence-corrected chi connectivity index (χ1v) is 17.4. The molecule has 0 N–H and O–H groups in total. The van der Waals surface area contributed by atoms with E-state index in [1.165, 1.54) is 48.7 Å². The van der Waals surface area contributed by atoms with Gasteiger partial charge in [0.25, 0.3) is 0 Å². The van der Waals surface area contributed by atoms with E-state index in [-0.39, 0.29) is 0 Å². The number of unbranched alkanes of at least 4 members (excludes halogenated alkanes) is 3. The normalized spacial score (nSPS) is 12.1. The third-order valence-corrected chi connectivity index (χ3v) is 24.1. The van der Waals surface area contributed by atoms with Crippen LogP contribution in [0, 0.1) is 0 Å². The Bertz CT molecular complexity index is 509. The number of fused-ring (bicyclic) bond motifs is 1. The van der Waals surface area contributed by atoms with E-state index in [9.17, 15) is 0 Å². The summed E-state index contributed by atoms with van der Waals surface area (Å²) in [6, 6.07) is 6.86. The van der Waals surface area contributed by atoms with Crippen LogP contribution in [0.15, 0.2) is 24.4 Å². The van der Waals surface area contributed by atoms with Crippen LogP contribution in [0.5, 0.6) is 0 Å². The summed E-state index contributed by atoms with van der Waals surface area (Å²) >= 11 is -0.190. The van der Waals surface area contributed by atoms with Gasteiger partial charge in [-0.3, -0.25) is 0 Å². The molecule has 0 fully saturated rings. The summed E-state index contributed by atoms with van der Waals surface area (Å²) in [6.07, 6.45) is 10.3. The van der Waals surface area contributed by atoms with Crippen molar-refractivity contribution in [2.45, 2.75) is 72.6 Å². The van der Waals surface area contributed by atoms with E-state index >= 15 is 0 Å². The van der Waals surface area contributed by atoms with E-state index in [1.807, 2.05) is 17.5 Å². The van der Waals surface area contributed by atoms with E-state index in [0.29, 0.717) is 0 Å². The monoisotopic (exact) mass is 425 g/mol. The summed E-state index contributed by atoms with van der Waals surface area (Å²) in [5.74, 6) is 0.